The second-order valence-electron chi connectivity index (χ2n) is 2.08. The van der Waals surface area contributed by atoms with Crippen LogP contribution in [0.15, 0.2) is 0 Å². The van der Waals surface area contributed by atoms with E-state index in [4.69, 9.17) is 10.00 Å². The third-order valence-corrected chi connectivity index (χ3v) is 2.21. The van der Waals surface area contributed by atoms with Crippen LogP contribution < -0.4 is 0 Å². The molecule has 0 aromatic heterocycles. The smallest absolute Gasteiger partial charge is 0.127 e. The van der Waals surface area contributed by atoms with E-state index in [1.165, 1.54) is 0 Å². The van der Waals surface area contributed by atoms with Crippen LogP contribution in [0.1, 0.15) is 12.8 Å². The fourth-order valence-electron chi connectivity index (χ4n) is 0.917. The largest absolute Gasteiger partial charge is 0.376 e. The van der Waals surface area contributed by atoms with Crippen molar-refractivity contribution in [1.29, 1.82) is 5.26 Å². The lowest BCUT2D eigenvalue weighted by Gasteiger charge is -2.07. The second kappa shape index (κ2) is 3.19. The van der Waals surface area contributed by atoms with Crippen LogP contribution in [0.4, 0.5) is 0 Å². The zero-order valence-corrected chi connectivity index (χ0v) is 6.60. The number of hydrogen-bond acceptors (Lipinski definition) is 2. The van der Waals surface area contributed by atoms with Crippen LogP contribution in [0.25, 0.3) is 0 Å². The molecule has 0 saturated carbocycles. The predicted octanol–water partition coefficient (Wildman–Crippen LogP) is 1.45. The summed E-state index contributed by atoms with van der Waals surface area (Å²) in [6, 6.07) is 2.10. The number of ether oxygens (including phenoxy) is 1. The van der Waals surface area contributed by atoms with E-state index in [1.807, 2.05) is 0 Å². The van der Waals surface area contributed by atoms with E-state index in [-0.39, 0.29) is 10.9 Å². The highest BCUT2D eigenvalue weighted by atomic mass is 79.9. The van der Waals surface area contributed by atoms with Gasteiger partial charge in [-0.2, -0.15) is 5.26 Å². The molecule has 0 amide bonds. The average Bonchev–Trinajstić information content (AvgIpc) is 2.37. The molecule has 0 radical (unpaired) electrons. The summed E-state index contributed by atoms with van der Waals surface area (Å²) in [6.45, 7) is 0.814. The van der Waals surface area contributed by atoms with Crippen molar-refractivity contribution in [3.8, 4) is 6.07 Å². The monoisotopic (exact) mass is 189 g/mol. The fraction of sp³-hybridized carbons (Fsp3) is 0.833. The van der Waals surface area contributed by atoms with Crippen molar-refractivity contribution in [3.63, 3.8) is 0 Å². The highest BCUT2D eigenvalue weighted by Crippen LogP contribution is 2.19. The Morgan fingerprint density at radius 3 is 3.00 bits per heavy atom. The summed E-state index contributed by atoms with van der Waals surface area (Å²) in [5, 5.41) is 8.42. The van der Waals surface area contributed by atoms with E-state index in [2.05, 4.69) is 22.0 Å². The number of nitrogens with zero attached hydrogens (tertiary/aromatic N) is 1. The number of halogens is 1. The van der Waals surface area contributed by atoms with Crippen LogP contribution in [0.2, 0.25) is 0 Å². The molecular weight excluding hydrogens is 182 g/mol. The first kappa shape index (κ1) is 7.04. The molecule has 0 N–H and O–H groups in total. The summed E-state index contributed by atoms with van der Waals surface area (Å²) in [7, 11) is 0. The van der Waals surface area contributed by atoms with E-state index in [0.29, 0.717) is 0 Å². The first-order valence-corrected chi connectivity index (χ1v) is 3.91. The van der Waals surface area contributed by atoms with Gasteiger partial charge < -0.3 is 4.74 Å². The quantitative estimate of drug-likeness (QED) is 0.586. The first-order chi connectivity index (χ1) is 4.34. The molecule has 0 spiro atoms. The summed E-state index contributed by atoms with van der Waals surface area (Å²) < 4.78 is 5.24. The molecule has 1 aliphatic heterocycles. The SMILES string of the molecule is N#CC(Br)C1CCCO1. The highest BCUT2D eigenvalue weighted by Gasteiger charge is 2.22. The van der Waals surface area contributed by atoms with Crippen molar-refractivity contribution in [2.24, 2.45) is 0 Å². The van der Waals surface area contributed by atoms with Crippen LogP contribution in [-0.4, -0.2) is 17.5 Å². The number of alkyl halides is 1. The lowest BCUT2D eigenvalue weighted by Crippen LogP contribution is -2.16. The number of hydrogen-bond donors (Lipinski definition) is 0. The normalized spacial score (nSPS) is 29.6. The molecule has 0 aliphatic carbocycles. The Morgan fingerprint density at radius 1 is 1.78 bits per heavy atom. The molecule has 0 aromatic carbocycles. The Labute approximate surface area is 62.9 Å². The van der Waals surface area contributed by atoms with Gasteiger partial charge in [-0.3, -0.25) is 0 Å². The van der Waals surface area contributed by atoms with Crippen LogP contribution in [-0.2, 0) is 4.74 Å². The summed E-state index contributed by atoms with van der Waals surface area (Å²) in [6.07, 6.45) is 2.24. The maximum atomic E-state index is 8.42. The standard InChI is InChI=1S/C6H8BrNO/c7-5(4-8)6-2-1-3-9-6/h5-6H,1-3H2. The predicted molar refractivity (Wildman–Crippen MR) is 37.3 cm³/mol. The van der Waals surface area contributed by atoms with E-state index < -0.39 is 0 Å². The average molecular weight is 190 g/mol. The van der Waals surface area contributed by atoms with Crippen molar-refractivity contribution >= 4 is 15.9 Å². The van der Waals surface area contributed by atoms with Crippen molar-refractivity contribution < 1.29 is 4.74 Å². The zero-order valence-electron chi connectivity index (χ0n) is 5.01. The lowest BCUT2D eigenvalue weighted by atomic mass is 10.2. The van der Waals surface area contributed by atoms with Crippen LogP contribution in [0.5, 0.6) is 0 Å². The maximum Gasteiger partial charge on any atom is 0.127 e. The third-order valence-electron chi connectivity index (χ3n) is 1.41. The first-order valence-electron chi connectivity index (χ1n) is 3.00. The zero-order chi connectivity index (χ0) is 6.69. The van der Waals surface area contributed by atoms with Gasteiger partial charge >= 0.3 is 0 Å². The van der Waals surface area contributed by atoms with Gasteiger partial charge in [-0.25, -0.2) is 0 Å². The van der Waals surface area contributed by atoms with Gasteiger partial charge in [0.1, 0.15) is 4.83 Å². The Kier molecular flexibility index (Phi) is 2.49. The lowest BCUT2D eigenvalue weighted by molar-refractivity contribution is 0.119. The molecule has 0 bridgehead atoms. The van der Waals surface area contributed by atoms with E-state index in [0.717, 1.165) is 19.4 Å². The van der Waals surface area contributed by atoms with Gasteiger partial charge in [0.05, 0.1) is 12.2 Å². The molecule has 1 saturated heterocycles. The number of nitriles is 1. The molecular formula is C6H8BrNO. The third kappa shape index (κ3) is 1.67. The van der Waals surface area contributed by atoms with Crippen LogP contribution in [0, 0.1) is 11.3 Å². The molecule has 9 heavy (non-hydrogen) atoms. The summed E-state index contributed by atoms with van der Waals surface area (Å²) in [4.78, 5) is -0.111. The summed E-state index contributed by atoms with van der Waals surface area (Å²) in [5.74, 6) is 0. The second-order valence-corrected chi connectivity index (χ2v) is 3.07. The van der Waals surface area contributed by atoms with Crippen molar-refractivity contribution in [2.45, 2.75) is 23.8 Å². The molecule has 2 unspecified atom stereocenters. The van der Waals surface area contributed by atoms with Gasteiger partial charge in [-0.15, -0.1) is 0 Å². The van der Waals surface area contributed by atoms with Gasteiger partial charge in [-0.1, -0.05) is 15.9 Å². The van der Waals surface area contributed by atoms with Gasteiger partial charge in [0.2, 0.25) is 0 Å². The molecule has 1 rings (SSSR count). The molecule has 1 aliphatic rings. The Balaban J connectivity index is 2.34. The maximum absolute atomic E-state index is 8.42. The van der Waals surface area contributed by atoms with E-state index in [1.54, 1.807) is 0 Å². The Hall–Kier alpha value is -0.0700. The number of rotatable bonds is 1. The molecule has 3 heteroatoms. The van der Waals surface area contributed by atoms with Crippen molar-refractivity contribution in [1.82, 2.24) is 0 Å². The van der Waals surface area contributed by atoms with Gasteiger partial charge in [-0.05, 0) is 12.8 Å². The summed E-state index contributed by atoms with van der Waals surface area (Å²) in [5.41, 5.74) is 0. The summed E-state index contributed by atoms with van der Waals surface area (Å²) >= 11 is 3.22. The minimum absolute atomic E-state index is 0.111. The van der Waals surface area contributed by atoms with E-state index in [9.17, 15) is 0 Å². The minimum atomic E-state index is -0.111. The molecule has 50 valence electrons. The molecule has 1 fully saturated rings. The van der Waals surface area contributed by atoms with Crippen LogP contribution >= 0.6 is 15.9 Å². The van der Waals surface area contributed by atoms with Gasteiger partial charge in [0, 0.05) is 6.61 Å². The van der Waals surface area contributed by atoms with Crippen LogP contribution in [0.3, 0.4) is 0 Å². The molecule has 2 atom stereocenters. The van der Waals surface area contributed by atoms with Gasteiger partial charge in [0.25, 0.3) is 0 Å². The molecule has 0 aromatic rings. The Bertz CT molecular complexity index is 126. The Morgan fingerprint density at radius 2 is 2.56 bits per heavy atom. The highest BCUT2D eigenvalue weighted by molar-refractivity contribution is 9.09. The van der Waals surface area contributed by atoms with Crippen molar-refractivity contribution in [3.05, 3.63) is 0 Å². The minimum Gasteiger partial charge on any atom is -0.376 e. The molecule has 2 nitrogen and oxygen atoms in total. The fourth-order valence-corrected chi connectivity index (χ4v) is 1.33. The van der Waals surface area contributed by atoms with Gasteiger partial charge in [0.15, 0.2) is 0 Å². The van der Waals surface area contributed by atoms with Crippen molar-refractivity contribution in [2.75, 3.05) is 6.61 Å². The molecule has 1 heterocycles. The van der Waals surface area contributed by atoms with E-state index >= 15 is 0 Å². The topological polar surface area (TPSA) is 33.0 Å².